The predicted octanol–water partition coefficient (Wildman–Crippen LogP) is 1.46. The van der Waals surface area contributed by atoms with E-state index in [4.69, 9.17) is 0 Å². The molecular formula is C10H19NO. The van der Waals surface area contributed by atoms with Crippen molar-refractivity contribution in [1.82, 2.24) is 5.32 Å². The van der Waals surface area contributed by atoms with Crippen LogP contribution in [0.3, 0.4) is 0 Å². The third kappa shape index (κ3) is 3.88. The van der Waals surface area contributed by atoms with Crippen molar-refractivity contribution in [2.45, 2.75) is 44.8 Å². The van der Waals surface area contributed by atoms with Crippen LogP contribution in [-0.2, 0) is 0 Å². The van der Waals surface area contributed by atoms with Crippen molar-refractivity contribution in [3.63, 3.8) is 0 Å². The van der Waals surface area contributed by atoms with Gasteiger partial charge in [0.25, 0.3) is 0 Å². The Balaban J connectivity index is 2.03. The number of aliphatic hydroxyl groups is 1. The Morgan fingerprint density at radius 3 is 2.50 bits per heavy atom. The fourth-order valence-electron chi connectivity index (χ4n) is 1.37. The highest BCUT2D eigenvalue weighted by Gasteiger charge is 2.14. The summed E-state index contributed by atoms with van der Waals surface area (Å²) in [7, 11) is 0. The van der Waals surface area contributed by atoms with Gasteiger partial charge in [-0.1, -0.05) is 12.2 Å². The molecule has 0 aromatic carbocycles. The van der Waals surface area contributed by atoms with E-state index in [1.54, 1.807) is 0 Å². The van der Waals surface area contributed by atoms with Crippen molar-refractivity contribution in [2.24, 2.45) is 0 Å². The summed E-state index contributed by atoms with van der Waals surface area (Å²) in [5.74, 6) is 0. The van der Waals surface area contributed by atoms with Gasteiger partial charge >= 0.3 is 0 Å². The fourth-order valence-corrected chi connectivity index (χ4v) is 1.37. The SMILES string of the molecule is CC(C)(O)CCNC1CC=CC1. The number of hydrogen-bond donors (Lipinski definition) is 2. The minimum atomic E-state index is -0.529. The Morgan fingerprint density at radius 1 is 1.42 bits per heavy atom. The summed E-state index contributed by atoms with van der Waals surface area (Å²) in [6.45, 7) is 4.61. The highest BCUT2D eigenvalue weighted by atomic mass is 16.3. The lowest BCUT2D eigenvalue weighted by atomic mass is 10.1. The van der Waals surface area contributed by atoms with Crippen LogP contribution in [0, 0.1) is 0 Å². The second kappa shape index (κ2) is 4.06. The minimum absolute atomic E-state index is 0.529. The maximum atomic E-state index is 9.44. The molecule has 2 nitrogen and oxygen atoms in total. The van der Waals surface area contributed by atoms with Gasteiger partial charge in [-0.3, -0.25) is 0 Å². The van der Waals surface area contributed by atoms with Crippen molar-refractivity contribution in [2.75, 3.05) is 6.54 Å². The molecule has 0 saturated carbocycles. The number of nitrogens with one attached hydrogen (secondary N) is 1. The van der Waals surface area contributed by atoms with Gasteiger partial charge in [-0.05, 0) is 39.7 Å². The van der Waals surface area contributed by atoms with Crippen LogP contribution in [0.1, 0.15) is 33.1 Å². The highest BCUT2D eigenvalue weighted by molar-refractivity contribution is 4.97. The van der Waals surface area contributed by atoms with E-state index in [0.717, 1.165) is 25.8 Å². The third-order valence-corrected chi connectivity index (χ3v) is 2.18. The van der Waals surface area contributed by atoms with E-state index >= 15 is 0 Å². The van der Waals surface area contributed by atoms with E-state index in [9.17, 15) is 5.11 Å². The van der Waals surface area contributed by atoms with Crippen LogP contribution in [0.5, 0.6) is 0 Å². The van der Waals surface area contributed by atoms with E-state index in [1.165, 1.54) is 0 Å². The first-order chi connectivity index (χ1) is 5.58. The predicted molar refractivity (Wildman–Crippen MR) is 51.1 cm³/mol. The summed E-state index contributed by atoms with van der Waals surface area (Å²) in [6, 6.07) is 0.618. The van der Waals surface area contributed by atoms with Crippen LogP contribution in [0.15, 0.2) is 12.2 Å². The molecule has 2 heteroatoms. The Bertz CT molecular complexity index is 150. The Kier molecular flexibility index (Phi) is 3.29. The van der Waals surface area contributed by atoms with Crippen molar-refractivity contribution in [3.05, 3.63) is 12.2 Å². The topological polar surface area (TPSA) is 32.3 Å². The summed E-state index contributed by atoms with van der Waals surface area (Å²) in [5.41, 5.74) is -0.529. The molecule has 0 aliphatic heterocycles. The standard InChI is InChI=1S/C10H19NO/c1-10(2,12)7-8-11-9-5-3-4-6-9/h3-4,9,11-12H,5-8H2,1-2H3. The molecule has 0 heterocycles. The van der Waals surface area contributed by atoms with Gasteiger partial charge in [-0.2, -0.15) is 0 Å². The lowest BCUT2D eigenvalue weighted by molar-refractivity contribution is 0.0705. The lowest BCUT2D eigenvalue weighted by Gasteiger charge is -2.19. The largest absolute Gasteiger partial charge is 0.390 e. The van der Waals surface area contributed by atoms with Gasteiger partial charge in [-0.15, -0.1) is 0 Å². The van der Waals surface area contributed by atoms with Gasteiger partial charge in [0.15, 0.2) is 0 Å². The highest BCUT2D eigenvalue weighted by Crippen LogP contribution is 2.10. The van der Waals surface area contributed by atoms with Gasteiger partial charge in [-0.25, -0.2) is 0 Å². The molecule has 0 radical (unpaired) electrons. The summed E-state index contributed by atoms with van der Waals surface area (Å²) in [5, 5.41) is 12.9. The van der Waals surface area contributed by atoms with E-state index in [-0.39, 0.29) is 0 Å². The Morgan fingerprint density at radius 2 is 2.00 bits per heavy atom. The zero-order valence-corrected chi connectivity index (χ0v) is 8.01. The quantitative estimate of drug-likeness (QED) is 0.624. The molecule has 0 saturated heterocycles. The molecule has 1 aliphatic carbocycles. The maximum absolute atomic E-state index is 9.44. The molecular weight excluding hydrogens is 150 g/mol. The molecule has 0 spiro atoms. The molecule has 2 N–H and O–H groups in total. The fraction of sp³-hybridized carbons (Fsp3) is 0.800. The first-order valence-corrected chi connectivity index (χ1v) is 4.69. The van der Waals surface area contributed by atoms with Crippen molar-refractivity contribution in [1.29, 1.82) is 0 Å². The van der Waals surface area contributed by atoms with Crippen LogP contribution >= 0.6 is 0 Å². The van der Waals surface area contributed by atoms with Gasteiger partial charge in [0.2, 0.25) is 0 Å². The third-order valence-electron chi connectivity index (χ3n) is 2.18. The van der Waals surface area contributed by atoms with Gasteiger partial charge < -0.3 is 10.4 Å². The molecule has 70 valence electrons. The lowest BCUT2D eigenvalue weighted by Crippen LogP contribution is -2.32. The Hall–Kier alpha value is -0.340. The molecule has 0 fully saturated rings. The average Bonchev–Trinajstić information content (AvgIpc) is 2.36. The van der Waals surface area contributed by atoms with Gasteiger partial charge in [0, 0.05) is 6.04 Å². The van der Waals surface area contributed by atoms with Crippen LogP contribution in [0.4, 0.5) is 0 Å². The summed E-state index contributed by atoms with van der Waals surface area (Å²) < 4.78 is 0. The molecule has 1 aliphatic rings. The normalized spacial score (nSPS) is 18.9. The molecule has 1 rings (SSSR count). The Labute approximate surface area is 74.7 Å². The number of rotatable bonds is 4. The van der Waals surface area contributed by atoms with Crippen LogP contribution in [-0.4, -0.2) is 23.3 Å². The first kappa shape index (κ1) is 9.75. The van der Waals surface area contributed by atoms with E-state index in [2.05, 4.69) is 17.5 Å². The number of hydrogen-bond acceptors (Lipinski definition) is 2. The molecule has 0 aromatic rings. The van der Waals surface area contributed by atoms with E-state index < -0.39 is 5.60 Å². The van der Waals surface area contributed by atoms with Gasteiger partial charge in [0.1, 0.15) is 0 Å². The second-order valence-corrected chi connectivity index (χ2v) is 4.16. The molecule has 0 amide bonds. The summed E-state index contributed by atoms with van der Waals surface area (Å²) in [6.07, 6.45) is 7.53. The van der Waals surface area contributed by atoms with Crippen molar-refractivity contribution >= 4 is 0 Å². The smallest absolute Gasteiger partial charge is 0.0603 e. The van der Waals surface area contributed by atoms with Crippen LogP contribution < -0.4 is 5.32 Å². The molecule has 0 bridgehead atoms. The summed E-state index contributed by atoms with van der Waals surface area (Å²) >= 11 is 0. The molecule has 12 heavy (non-hydrogen) atoms. The van der Waals surface area contributed by atoms with E-state index in [1.807, 2.05) is 13.8 Å². The maximum Gasteiger partial charge on any atom is 0.0603 e. The average molecular weight is 169 g/mol. The minimum Gasteiger partial charge on any atom is -0.390 e. The zero-order valence-electron chi connectivity index (χ0n) is 8.01. The van der Waals surface area contributed by atoms with Crippen LogP contribution in [0.25, 0.3) is 0 Å². The first-order valence-electron chi connectivity index (χ1n) is 4.69. The van der Waals surface area contributed by atoms with Gasteiger partial charge in [0.05, 0.1) is 5.60 Å². The van der Waals surface area contributed by atoms with Crippen molar-refractivity contribution in [3.8, 4) is 0 Å². The van der Waals surface area contributed by atoms with Crippen molar-refractivity contribution < 1.29 is 5.11 Å². The van der Waals surface area contributed by atoms with Crippen LogP contribution in [0.2, 0.25) is 0 Å². The molecule has 0 atom stereocenters. The summed E-state index contributed by atoms with van der Waals surface area (Å²) in [4.78, 5) is 0. The second-order valence-electron chi connectivity index (χ2n) is 4.16. The molecule has 0 aromatic heterocycles. The molecule has 0 unspecified atom stereocenters. The zero-order chi connectivity index (χ0) is 9.03. The monoisotopic (exact) mass is 169 g/mol. The van der Waals surface area contributed by atoms with E-state index in [0.29, 0.717) is 6.04 Å².